The molecule has 0 aliphatic carbocycles. The molecule has 0 aliphatic rings. The molecule has 0 saturated carbocycles. The highest BCUT2D eigenvalue weighted by Crippen LogP contribution is 2.17. The Kier molecular flexibility index (Phi) is 5.75. The van der Waals surface area contributed by atoms with Crippen molar-refractivity contribution in [1.82, 2.24) is 14.8 Å². The normalized spacial score (nSPS) is 11.0. The summed E-state index contributed by atoms with van der Waals surface area (Å²) in [6, 6.07) is 7.92. The standard InChI is InChI=1S/C18H19N5O2S/c1-3-25-17(24)10-15-12-26-18(21-15)22-19-11-14-5-6-16(9-13(14)2)23-8-4-7-20-23/h4-9,11-12H,3,10H2,1-2H3,(H,21,22). The van der Waals surface area contributed by atoms with Gasteiger partial charge in [-0.1, -0.05) is 6.07 Å². The van der Waals surface area contributed by atoms with E-state index < -0.39 is 0 Å². The van der Waals surface area contributed by atoms with Gasteiger partial charge in [0.05, 0.1) is 30.6 Å². The molecule has 7 nitrogen and oxygen atoms in total. The number of carbonyl (C=O) groups excluding carboxylic acids is 1. The van der Waals surface area contributed by atoms with Crippen LogP contribution >= 0.6 is 11.3 Å². The number of rotatable bonds is 7. The minimum atomic E-state index is -0.277. The Bertz CT molecular complexity index is 902. The van der Waals surface area contributed by atoms with Crippen LogP contribution in [0.1, 0.15) is 23.7 Å². The first-order valence-corrected chi connectivity index (χ1v) is 9.03. The SMILES string of the molecule is CCOC(=O)Cc1csc(NN=Cc2ccc(-n3cccn3)cc2C)n1. The average molecular weight is 369 g/mol. The van der Waals surface area contributed by atoms with Crippen molar-refractivity contribution in [3.63, 3.8) is 0 Å². The minimum Gasteiger partial charge on any atom is -0.466 e. The van der Waals surface area contributed by atoms with Gasteiger partial charge in [-0.15, -0.1) is 11.3 Å². The van der Waals surface area contributed by atoms with Crippen LogP contribution in [-0.2, 0) is 16.0 Å². The lowest BCUT2D eigenvalue weighted by Crippen LogP contribution is -2.07. The van der Waals surface area contributed by atoms with Gasteiger partial charge in [0.15, 0.2) is 0 Å². The van der Waals surface area contributed by atoms with Crippen LogP contribution < -0.4 is 5.43 Å². The zero-order chi connectivity index (χ0) is 18.4. The van der Waals surface area contributed by atoms with Gasteiger partial charge < -0.3 is 4.74 Å². The van der Waals surface area contributed by atoms with Crippen molar-refractivity contribution in [3.05, 3.63) is 58.9 Å². The van der Waals surface area contributed by atoms with Gasteiger partial charge in [-0.3, -0.25) is 10.2 Å². The van der Waals surface area contributed by atoms with Crippen molar-refractivity contribution in [1.29, 1.82) is 0 Å². The number of thiazole rings is 1. The summed E-state index contributed by atoms with van der Waals surface area (Å²) in [5.41, 5.74) is 6.65. The number of aromatic nitrogens is 3. The van der Waals surface area contributed by atoms with Crippen LogP contribution in [0, 0.1) is 6.92 Å². The van der Waals surface area contributed by atoms with Crippen LogP contribution in [0.15, 0.2) is 47.1 Å². The topological polar surface area (TPSA) is 81.4 Å². The first kappa shape index (κ1) is 17.8. The maximum Gasteiger partial charge on any atom is 0.311 e. The fourth-order valence-corrected chi connectivity index (χ4v) is 2.98. The van der Waals surface area contributed by atoms with E-state index in [-0.39, 0.29) is 12.4 Å². The number of nitrogens with one attached hydrogen (secondary N) is 1. The number of esters is 1. The highest BCUT2D eigenvalue weighted by molar-refractivity contribution is 7.13. The van der Waals surface area contributed by atoms with Gasteiger partial charge in [0.2, 0.25) is 5.13 Å². The summed E-state index contributed by atoms with van der Waals surface area (Å²) in [6.07, 6.45) is 5.57. The van der Waals surface area contributed by atoms with E-state index in [1.54, 1.807) is 19.3 Å². The van der Waals surface area contributed by atoms with E-state index in [1.165, 1.54) is 11.3 Å². The summed E-state index contributed by atoms with van der Waals surface area (Å²) in [5.74, 6) is -0.277. The molecule has 26 heavy (non-hydrogen) atoms. The Morgan fingerprint density at radius 3 is 3.08 bits per heavy atom. The molecule has 0 unspecified atom stereocenters. The van der Waals surface area contributed by atoms with E-state index >= 15 is 0 Å². The summed E-state index contributed by atoms with van der Waals surface area (Å²) in [6.45, 7) is 4.18. The summed E-state index contributed by atoms with van der Waals surface area (Å²) in [7, 11) is 0. The van der Waals surface area contributed by atoms with Crippen molar-refractivity contribution in [2.75, 3.05) is 12.0 Å². The predicted molar refractivity (Wildman–Crippen MR) is 102 cm³/mol. The molecule has 2 aromatic heterocycles. The lowest BCUT2D eigenvalue weighted by Gasteiger charge is -2.05. The van der Waals surface area contributed by atoms with Gasteiger partial charge >= 0.3 is 5.97 Å². The molecule has 0 radical (unpaired) electrons. The van der Waals surface area contributed by atoms with E-state index in [9.17, 15) is 4.79 Å². The lowest BCUT2D eigenvalue weighted by atomic mass is 10.1. The summed E-state index contributed by atoms with van der Waals surface area (Å²) >= 11 is 1.39. The minimum absolute atomic E-state index is 0.170. The molecule has 2 heterocycles. The number of hydrogen-bond acceptors (Lipinski definition) is 7. The van der Waals surface area contributed by atoms with Gasteiger partial charge in [0.25, 0.3) is 0 Å². The van der Waals surface area contributed by atoms with Gasteiger partial charge in [-0.2, -0.15) is 10.2 Å². The number of carbonyl (C=O) groups is 1. The molecule has 0 aliphatic heterocycles. The molecule has 8 heteroatoms. The van der Waals surface area contributed by atoms with Crippen LogP contribution in [0.2, 0.25) is 0 Å². The Hall–Kier alpha value is -3.00. The van der Waals surface area contributed by atoms with Crippen molar-refractivity contribution in [3.8, 4) is 5.69 Å². The van der Waals surface area contributed by atoms with Gasteiger partial charge in [0, 0.05) is 17.8 Å². The molecule has 0 saturated heterocycles. The van der Waals surface area contributed by atoms with Crippen LogP contribution in [0.4, 0.5) is 5.13 Å². The summed E-state index contributed by atoms with van der Waals surface area (Å²) < 4.78 is 6.73. The quantitative estimate of drug-likeness (QED) is 0.393. The van der Waals surface area contributed by atoms with Gasteiger partial charge in [-0.25, -0.2) is 9.67 Å². The molecule has 134 valence electrons. The molecular formula is C18H19N5O2S. The monoisotopic (exact) mass is 369 g/mol. The fourth-order valence-electron chi connectivity index (χ4n) is 2.33. The van der Waals surface area contributed by atoms with Crippen molar-refractivity contribution >= 4 is 28.7 Å². The zero-order valence-electron chi connectivity index (χ0n) is 14.5. The van der Waals surface area contributed by atoms with Crippen molar-refractivity contribution in [2.45, 2.75) is 20.3 Å². The summed E-state index contributed by atoms with van der Waals surface area (Å²) in [5, 5.41) is 10.9. The molecule has 3 aromatic rings. The number of hydrazone groups is 1. The first-order chi connectivity index (χ1) is 12.7. The smallest absolute Gasteiger partial charge is 0.311 e. The number of aryl methyl sites for hydroxylation is 1. The largest absolute Gasteiger partial charge is 0.466 e. The van der Waals surface area contributed by atoms with Crippen molar-refractivity contribution in [2.24, 2.45) is 5.10 Å². The van der Waals surface area contributed by atoms with E-state index in [1.807, 2.05) is 41.4 Å². The van der Waals surface area contributed by atoms with Crippen LogP contribution in [0.3, 0.4) is 0 Å². The third-order valence-corrected chi connectivity index (χ3v) is 4.36. The second-order valence-corrected chi connectivity index (χ2v) is 6.35. The molecule has 0 spiro atoms. The van der Waals surface area contributed by atoms with E-state index in [4.69, 9.17) is 4.74 Å². The number of nitrogens with zero attached hydrogens (tertiary/aromatic N) is 4. The van der Waals surface area contributed by atoms with Crippen LogP contribution in [-0.4, -0.2) is 33.6 Å². The third-order valence-electron chi connectivity index (χ3n) is 3.57. The molecule has 0 fully saturated rings. The third kappa shape index (κ3) is 4.54. The molecule has 1 aromatic carbocycles. The van der Waals surface area contributed by atoms with Gasteiger partial charge in [0.1, 0.15) is 0 Å². The maximum atomic E-state index is 11.5. The second-order valence-electron chi connectivity index (χ2n) is 5.49. The van der Waals surface area contributed by atoms with E-state index in [2.05, 4.69) is 26.7 Å². The van der Waals surface area contributed by atoms with Crippen molar-refractivity contribution < 1.29 is 9.53 Å². The zero-order valence-corrected chi connectivity index (χ0v) is 15.4. The lowest BCUT2D eigenvalue weighted by molar-refractivity contribution is -0.142. The Morgan fingerprint density at radius 1 is 1.46 bits per heavy atom. The number of anilines is 1. The fraction of sp³-hybridized carbons (Fsp3) is 0.222. The van der Waals surface area contributed by atoms with Gasteiger partial charge in [-0.05, 0) is 43.2 Å². The Balaban J connectivity index is 1.60. The number of benzene rings is 1. The molecular weight excluding hydrogens is 350 g/mol. The van der Waals surface area contributed by atoms with E-state index in [0.29, 0.717) is 17.4 Å². The highest BCUT2D eigenvalue weighted by atomic mass is 32.1. The Labute approximate surface area is 155 Å². The molecule has 0 amide bonds. The second kappa shape index (κ2) is 8.39. The maximum absolute atomic E-state index is 11.5. The first-order valence-electron chi connectivity index (χ1n) is 8.15. The molecule has 0 bridgehead atoms. The molecule has 3 rings (SSSR count). The van der Waals surface area contributed by atoms with Crippen LogP contribution in [0.5, 0.6) is 0 Å². The average Bonchev–Trinajstić information content (AvgIpc) is 3.28. The Morgan fingerprint density at radius 2 is 2.35 bits per heavy atom. The summed E-state index contributed by atoms with van der Waals surface area (Å²) in [4.78, 5) is 15.8. The van der Waals surface area contributed by atoms with E-state index in [0.717, 1.165) is 16.8 Å². The molecule has 1 N–H and O–H groups in total. The predicted octanol–water partition coefficient (Wildman–Crippen LogP) is 3.19. The highest BCUT2D eigenvalue weighted by Gasteiger charge is 2.08. The molecule has 0 atom stereocenters. The number of hydrogen-bond donors (Lipinski definition) is 1. The van der Waals surface area contributed by atoms with Crippen LogP contribution in [0.25, 0.3) is 5.69 Å². The number of ether oxygens (including phenoxy) is 1.